The quantitative estimate of drug-likeness (QED) is 0.916. The molecule has 1 saturated heterocycles. The number of rotatable bonds is 3. The second-order valence-electron chi connectivity index (χ2n) is 4.07. The average Bonchev–Trinajstić information content (AvgIpc) is 2.61. The van der Waals surface area contributed by atoms with E-state index in [-0.39, 0.29) is 24.2 Å². The molecule has 1 unspecified atom stereocenters. The van der Waals surface area contributed by atoms with E-state index in [4.69, 9.17) is 9.84 Å². The van der Waals surface area contributed by atoms with Gasteiger partial charge in [0.1, 0.15) is 11.9 Å². The van der Waals surface area contributed by atoms with Gasteiger partial charge in [0.05, 0.1) is 22.6 Å². The van der Waals surface area contributed by atoms with Gasteiger partial charge in [-0.1, -0.05) is 6.07 Å². The summed E-state index contributed by atoms with van der Waals surface area (Å²) in [5.41, 5.74) is 0.781. The standard InChI is InChI=1S/C11H13BrO4S/c12-10-5-8(6-13)1-2-11(10)16-9-3-4-17(14,15)7-9/h1-2,5,9,13H,3-4,6-7H2. The van der Waals surface area contributed by atoms with Gasteiger partial charge >= 0.3 is 0 Å². The molecule has 94 valence electrons. The van der Waals surface area contributed by atoms with E-state index in [1.165, 1.54) is 0 Å². The largest absolute Gasteiger partial charge is 0.488 e. The normalized spacial score (nSPS) is 22.6. The van der Waals surface area contributed by atoms with Crippen molar-refractivity contribution in [3.63, 3.8) is 0 Å². The molecule has 0 aromatic heterocycles. The van der Waals surface area contributed by atoms with Crippen molar-refractivity contribution in [3.8, 4) is 5.75 Å². The van der Waals surface area contributed by atoms with E-state index in [2.05, 4.69) is 15.9 Å². The number of ether oxygens (including phenoxy) is 1. The first-order valence-corrected chi connectivity index (χ1v) is 7.88. The zero-order chi connectivity index (χ0) is 12.5. The summed E-state index contributed by atoms with van der Waals surface area (Å²) in [4.78, 5) is 0. The molecule has 1 fully saturated rings. The van der Waals surface area contributed by atoms with Gasteiger partial charge < -0.3 is 9.84 Å². The highest BCUT2D eigenvalue weighted by molar-refractivity contribution is 9.10. The lowest BCUT2D eigenvalue weighted by atomic mass is 10.2. The summed E-state index contributed by atoms with van der Waals surface area (Å²) in [5.74, 6) is 0.898. The van der Waals surface area contributed by atoms with Gasteiger partial charge in [0.2, 0.25) is 0 Å². The van der Waals surface area contributed by atoms with E-state index in [9.17, 15) is 8.42 Å². The summed E-state index contributed by atoms with van der Waals surface area (Å²) >= 11 is 3.34. The molecule has 1 aliphatic heterocycles. The van der Waals surface area contributed by atoms with Crippen LogP contribution in [-0.4, -0.2) is 31.1 Å². The fourth-order valence-corrected chi connectivity index (χ4v) is 3.88. The third kappa shape index (κ3) is 3.20. The Hall–Kier alpha value is -0.590. The molecule has 0 aliphatic carbocycles. The molecule has 17 heavy (non-hydrogen) atoms. The maximum absolute atomic E-state index is 11.3. The van der Waals surface area contributed by atoms with Gasteiger partial charge in [-0.15, -0.1) is 0 Å². The SMILES string of the molecule is O=S1(=O)CCC(Oc2ccc(CO)cc2Br)C1. The van der Waals surface area contributed by atoms with Crippen LogP contribution in [0.2, 0.25) is 0 Å². The Morgan fingerprint density at radius 2 is 2.24 bits per heavy atom. The minimum atomic E-state index is -2.92. The van der Waals surface area contributed by atoms with Gasteiger partial charge in [0.25, 0.3) is 0 Å². The van der Waals surface area contributed by atoms with Crippen molar-refractivity contribution in [2.75, 3.05) is 11.5 Å². The van der Waals surface area contributed by atoms with Gasteiger partial charge in [0, 0.05) is 0 Å². The summed E-state index contributed by atoms with van der Waals surface area (Å²) in [6.07, 6.45) is 0.271. The van der Waals surface area contributed by atoms with E-state index >= 15 is 0 Å². The minimum Gasteiger partial charge on any atom is -0.488 e. The lowest BCUT2D eigenvalue weighted by molar-refractivity contribution is 0.227. The second-order valence-corrected chi connectivity index (χ2v) is 7.15. The van der Waals surface area contributed by atoms with Crippen LogP contribution in [0.1, 0.15) is 12.0 Å². The van der Waals surface area contributed by atoms with Crippen molar-refractivity contribution in [1.29, 1.82) is 0 Å². The highest BCUT2D eigenvalue weighted by atomic mass is 79.9. The molecule has 4 nitrogen and oxygen atoms in total. The van der Waals surface area contributed by atoms with Crippen LogP contribution < -0.4 is 4.74 Å². The number of sulfone groups is 1. The molecule has 1 heterocycles. The smallest absolute Gasteiger partial charge is 0.154 e. The molecule has 1 aromatic carbocycles. The van der Waals surface area contributed by atoms with E-state index in [1.807, 2.05) is 0 Å². The molecule has 1 aromatic rings. The molecule has 6 heteroatoms. The van der Waals surface area contributed by atoms with E-state index < -0.39 is 9.84 Å². The van der Waals surface area contributed by atoms with Crippen molar-refractivity contribution < 1.29 is 18.3 Å². The summed E-state index contributed by atoms with van der Waals surface area (Å²) < 4.78 is 28.9. The Bertz CT molecular complexity index is 512. The molecule has 1 atom stereocenters. The lowest BCUT2D eigenvalue weighted by Crippen LogP contribution is -2.17. The Balaban J connectivity index is 2.09. The van der Waals surface area contributed by atoms with Crippen LogP contribution in [0.4, 0.5) is 0 Å². The molecule has 2 rings (SSSR count). The molecule has 0 spiro atoms. The number of hydrogen-bond acceptors (Lipinski definition) is 4. The fourth-order valence-electron chi connectivity index (χ4n) is 1.77. The second kappa shape index (κ2) is 4.96. The van der Waals surface area contributed by atoms with Crippen LogP contribution in [-0.2, 0) is 16.4 Å². The first-order valence-electron chi connectivity index (χ1n) is 5.26. The highest BCUT2D eigenvalue weighted by Gasteiger charge is 2.29. The third-order valence-corrected chi connectivity index (χ3v) is 5.02. The predicted molar refractivity (Wildman–Crippen MR) is 67.8 cm³/mol. The van der Waals surface area contributed by atoms with Crippen LogP contribution in [0.25, 0.3) is 0 Å². The number of hydrogen-bond donors (Lipinski definition) is 1. The molecule has 0 radical (unpaired) electrons. The van der Waals surface area contributed by atoms with Crippen LogP contribution in [0, 0.1) is 0 Å². The fraction of sp³-hybridized carbons (Fsp3) is 0.455. The lowest BCUT2D eigenvalue weighted by Gasteiger charge is -2.13. The Kier molecular flexibility index (Phi) is 3.75. The van der Waals surface area contributed by atoms with Gasteiger partial charge in [0.15, 0.2) is 9.84 Å². The number of benzene rings is 1. The van der Waals surface area contributed by atoms with Crippen LogP contribution >= 0.6 is 15.9 Å². The highest BCUT2D eigenvalue weighted by Crippen LogP contribution is 2.29. The predicted octanol–water partition coefficient (Wildman–Crippen LogP) is 1.51. The number of aliphatic hydroxyl groups is 1. The van der Waals surface area contributed by atoms with Crippen molar-refractivity contribution in [2.45, 2.75) is 19.1 Å². The summed E-state index contributed by atoms with van der Waals surface area (Å²) in [6.45, 7) is -0.0311. The van der Waals surface area contributed by atoms with E-state index in [0.717, 1.165) is 10.0 Å². The first kappa shape index (κ1) is 12.9. The average molecular weight is 321 g/mol. The van der Waals surface area contributed by atoms with Gasteiger partial charge in [-0.2, -0.15) is 0 Å². The van der Waals surface area contributed by atoms with Gasteiger partial charge in [-0.05, 0) is 40.0 Å². The molecular formula is C11H13BrO4S. The molecule has 1 aliphatic rings. The molecule has 0 bridgehead atoms. The topological polar surface area (TPSA) is 63.6 Å². The monoisotopic (exact) mass is 320 g/mol. The minimum absolute atomic E-state index is 0.0311. The summed E-state index contributed by atoms with van der Waals surface area (Å²) in [6, 6.07) is 5.25. The van der Waals surface area contributed by atoms with Gasteiger partial charge in [-0.3, -0.25) is 0 Å². The van der Waals surface area contributed by atoms with Crippen LogP contribution in [0.5, 0.6) is 5.75 Å². The Morgan fingerprint density at radius 1 is 1.47 bits per heavy atom. The Morgan fingerprint density at radius 3 is 2.76 bits per heavy atom. The van der Waals surface area contributed by atoms with Crippen molar-refractivity contribution >= 4 is 25.8 Å². The molecule has 0 amide bonds. The molecular weight excluding hydrogens is 308 g/mol. The van der Waals surface area contributed by atoms with E-state index in [0.29, 0.717) is 12.2 Å². The van der Waals surface area contributed by atoms with Gasteiger partial charge in [-0.25, -0.2) is 8.42 Å². The zero-order valence-electron chi connectivity index (χ0n) is 9.10. The summed E-state index contributed by atoms with van der Waals surface area (Å²) in [7, 11) is -2.92. The van der Waals surface area contributed by atoms with E-state index in [1.54, 1.807) is 18.2 Å². The maximum Gasteiger partial charge on any atom is 0.154 e. The van der Waals surface area contributed by atoms with Crippen LogP contribution in [0.15, 0.2) is 22.7 Å². The number of halogens is 1. The van der Waals surface area contributed by atoms with Crippen molar-refractivity contribution in [2.24, 2.45) is 0 Å². The number of aliphatic hydroxyl groups excluding tert-OH is 1. The van der Waals surface area contributed by atoms with Crippen molar-refractivity contribution in [3.05, 3.63) is 28.2 Å². The van der Waals surface area contributed by atoms with Crippen molar-refractivity contribution in [1.82, 2.24) is 0 Å². The summed E-state index contributed by atoms with van der Waals surface area (Å²) in [5, 5.41) is 8.96. The zero-order valence-corrected chi connectivity index (χ0v) is 11.5. The maximum atomic E-state index is 11.3. The Labute approximate surface area is 109 Å². The first-order chi connectivity index (χ1) is 8.00. The molecule has 1 N–H and O–H groups in total. The third-order valence-electron chi connectivity index (χ3n) is 2.66. The van der Waals surface area contributed by atoms with Crippen LogP contribution in [0.3, 0.4) is 0 Å². The molecule has 0 saturated carbocycles.